The third-order valence-corrected chi connectivity index (χ3v) is 5.58. The van der Waals surface area contributed by atoms with E-state index in [1.165, 1.54) is 6.42 Å². The maximum Gasteiger partial charge on any atom is 0.220 e. The fourth-order valence-electron chi connectivity index (χ4n) is 3.99. The molecule has 1 aliphatic carbocycles. The monoisotopic (exact) mass is 410 g/mol. The van der Waals surface area contributed by atoms with Gasteiger partial charge in [-0.3, -0.25) is 4.79 Å². The van der Waals surface area contributed by atoms with Crippen LogP contribution in [0.5, 0.6) is 11.5 Å². The summed E-state index contributed by atoms with van der Waals surface area (Å²) in [6.07, 6.45) is 8.15. The number of carbonyl (C=O) groups excluding carboxylic acids is 1. The van der Waals surface area contributed by atoms with Crippen LogP contribution in [0.15, 0.2) is 24.3 Å². The van der Waals surface area contributed by atoms with Gasteiger partial charge in [0.05, 0.1) is 12.6 Å². The molecule has 6 heteroatoms. The Morgan fingerprint density at radius 3 is 2.61 bits per heavy atom. The number of hydrogen-bond acceptors (Lipinski definition) is 4. The van der Waals surface area contributed by atoms with E-state index in [9.17, 15) is 4.79 Å². The first-order valence-corrected chi connectivity index (χ1v) is 10.6. The van der Waals surface area contributed by atoms with Crippen molar-refractivity contribution in [2.75, 3.05) is 19.7 Å². The predicted octanol–water partition coefficient (Wildman–Crippen LogP) is 4.09. The smallest absolute Gasteiger partial charge is 0.220 e. The van der Waals surface area contributed by atoms with Crippen LogP contribution in [0, 0.1) is 5.92 Å². The van der Waals surface area contributed by atoms with Crippen LogP contribution in [0.2, 0.25) is 0 Å². The Labute approximate surface area is 175 Å². The third-order valence-electron chi connectivity index (χ3n) is 5.58. The average molecular weight is 411 g/mol. The zero-order valence-electron chi connectivity index (χ0n) is 17.0. The van der Waals surface area contributed by atoms with Crippen molar-refractivity contribution in [2.45, 2.75) is 70.4 Å². The molecular weight excluding hydrogens is 376 g/mol. The maximum atomic E-state index is 12.4. The highest BCUT2D eigenvalue weighted by molar-refractivity contribution is 5.85. The van der Waals surface area contributed by atoms with Crippen molar-refractivity contribution in [3.8, 4) is 11.5 Å². The van der Waals surface area contributed by atoms with Crippen LogP contribution in [0.25, 0.3) is 0 Å². The SMILES string of the molecule is CCCOc1ccc(OC2CCCCC2NC(=O)CCC2CCNC2)cc1.Cl. The number of halogens is 1. The molecule has 1 aromatic carbocycles. The van der Waals surface area contributed by atoms with Gasteiger partial charge in [-0.25, -0.2) is 0 Å². The second kappa shape index (κ2) is 12.2. The van der Waals surface area contributed by atoms with Crippen molar-refractivity contribution in [3.05, 3.63) is 24.3 Å². The van der Waals surface area contributed by atoms with Crippen molar-refractivity contribution >= 4 is 18.3 Å². The highest BCUT2D eigenvalue weighted by Gasteiger charge is 2.28. The average Bonchev–Trinajstić information content (AvgIpc) is 3.21. The lowest BCUT2D eigenvalue weighted by molar-refractivity contribution is -0.123. The Kier molecular flexibility index (Phi) is 9.93. The summed E-state index contributed by atoms with van der Waals surface area (Å²) >= 11 is 0. The third kappa shape index (κ3) is 7.17. The summed E-state index contributed by atoms with van der Waals surface area (Å²) in [6, 6.07) is 7.95. The molecule has 3 atom stereocenters. The van der Waals surface area contributed by atoms with Gasteiger partial charge in [0.1, 0.15) is 17.6 Å². The number of carbonyl (C=O) groups is 1. The Balaban J connectivity index is 0.00000280. The highest BCUT2D eigenvalue weighted by atomic mass is 35.5. The number of benzene rings is 1. The first-order chi connectivity index (χ1) is 13.2. The normalized spacial score (nSPS) is 24.2. The molecule has 1 saturated carbocycles. The minimum atomic E-state index is 0. The first-order valence-electron chi connectivity index (χ1n) is 10.6. The van der Waals surface area contributed by atoms with Gasteiger partial charge in [-0.15, -0.1) is 12.4 Å². The van der Waals surface area contributed by atoms with Crippen LogP contribution in [-0.4, -0.2) is 37.7 Å². The molecule has 158 valence electrons. The standard InChI is InChI=1S/C22H34N2O3.ClH/c1-2-15-26-18-8-10-19(11-9-18)27-21-6-4-3-5-20(21)24-22(25)12-7-17-13-14-23-16-17;/h8-11,17,20-21,23H,2-7,12-16H2,1H3,(H,24,25);1H. The topological polar surface area (TPSA) is 59.6 Å². The van der Waals surface area contributed by atoms with Gasteiger partial charge in [0, 0.05) is 6.42 Å². The van der Waals surface area contributed by atoms with Gasteiger partial charge in [0.15, 0.2) is 0 Å². The summed E-state index contributed by atoms with van der Waals surface area (Å²) in [5, 5.41) is 6.61. The molecule has 0 radical (unpaired) electrons. The fraction of sp³-hybridized carbons (Fsp3) is 0.682. The van der Waals surface area contributed by atoms with Crippen LogP contribution < -0.4 is 20.1 Å². The van der Waals surface area contributed by atoms with Crippen LogP contribution in [0.1, 0.15) is 58.3 Å². The molecule has 2 N–H and O–H groups in total. The molecule has 0 aromatic heterocycles. The molecular formula is C22H35ClN2O3. The van der Waals surface area contributed by atoms with Crippen molar-refractivity contribution < 1.29 is 14.3 Å². The highest BCUT2D eigenvalue weighted by Crippen LogP contribution is 2.26. The van der Waals surface area contributed by atoms with E-state index in [1.807, 2.05) is 24.3 Å². The Morgan fingerprint density at radius 2 is 1.89 bits per heavy atom. The molecule has 0 spiro atoms. The van der Waals surface area contributed by atoms with Crippen molar-refractivity contribution in [1.82, 2.24) is 10.6 Å². The molecule has 2 aliphatic rings. The second-order valence-corrected chi connectivity index (χ2v) is 7.83. The van der Waals surface area contributed by atoms with E-state index in [-0.39, 0.29) is 30.5 Å². The molecule has 5 nitrogen and oxygen atoms in total. The summed E-state index contributed by atoms with van der Waals surface area (Å²) in [5.41, 5.74) is 0. The summed E-state index contributed by atoms with van der Waals surface area (Å²) in [6.45, 7) is 4.97. The number of hydrogen-bond donors (Lipinski definition) is 2. The summed E-state index contributed by atoms with van der Waals surface area (Å²) in [4.78, 5) is 12.4. The lowest BCUT2D eigenvalue weighted by Gasteiger charge is -2.32. The zero-order valence-corrected chi connectivity index (χ0v) is 17.8. The van der Waals surface area contributed by atoms with Crippen LogP contribution in [0.4, 0.5) is 0 Å². The van der Waals surface area contributed by atoms with Crippen molar-refractivity contribution in [1.29, 1.82) is 0 Å². The molecule has 1 amide bonds. The Hall–Kier alpha value is -1.46. The van der Waals surface area contributed by atoms with Gasteiger partial charge in [-0.05, 0) is 81.8 Å². The van der Waals surface area contributed by atoms with E-state index in [2.05, 4.69) is 17.6 Å². The second-order valence-electron chi connectivity index (χ2n) is 7.83. The number of nitrogens with one attached hydrogen (secondary N) is 2. The Morgan fingerprint density at radius 1 is 1.14 bits per heavy atom. The summed E-state index contributed by atoms with van der Waals surface area (Å²) in [5.74, 6) is 2.55. The van der Waals surface area contributed by atoms with Crippen LogP contribution >= 0.6 is 12.4 Å². The quantitative estimate of drug-likeness (QED) is 0.643. The van der Waals surface area contributed by atoms with Gasteiger partial charge in [-0.2, -0.15) is 0 Å². The molecule has 28 heavy (non-hydrogen) atoms. The summed E-state index contributed by atoms with van der Waals surface area (Å²) in [7, 11) is 0. The van der Waals surface area contributed by atoms with Crippen LogP contribution in [-0.2, 0) is 4.79 Å². The first kappa shape index (κ1) is 22.8. The van der Waals surface area contributed by atoms with Gasteiger partial charge < -0.3 is 20.1 Å². The lowest BCUT2D eigenvalue weighted by atomic mass is 9.92. The minimum Gasteiger partial charge on any atom is -0.494 e. The number of ether oxygens (including phenoxy) is 2. The molecule has 1 aliphatic heterocycles. The minimum absolute atomic E-state index is 0. The van der Waals surface area contributed by atoms with Crippen LogP contribution in [0.3, 0.4) is 0 Å². The lowest BCUT2D eigenvalue weighted by Crippen LogP contribution is -2.47. The van der Waals surface area contributed by atoms with Crippen molar-refractivity contribution in [2.24, 2.45) is 5.92 Å². The van der Waals surface area contributed by atoms with Crippen molar-refractivity contribution in [3.63, 3.8) is 0 Å². The molecule has 1 saturated heterocycles. The predicted molar refractivity (Wildman–Crippen MR) is 115 cm³/mol. The Bertz CT molecular complexity index is 576. The number of rotatable bonds is 9. The summed E-state index contributed by atoms with van der Waals surface area (Å²) < 4.78 is 11.9. The van der Waals surface area contributed by atoms with E-state index >= 15 is 0 Å². The van der Waals surface area contributed by atoms with Gasteiger partial charge in [0.25, 0.3) is 0 Å². The zero-order chi connectivity index (χ0) is 18.9. The number of amides is 1. The largest absolute Gasteiger partial charge is 0.494 e. The van der Waals surface area contributed by atoms with Gasteiger partial charge >= 0.3 is 0 Å². The molecule has 3 rings (SSSR count). The van der Waals surface area contributed by atoms with E-state index in [1.54, 1.807) is 0 Å². The van der Waals surface area contributed by atoms with E-state index in [0.717, 1.165) is 69.7 Å². The fourth-order valence-corrected chi connectivity index (χ4v) is 3.99. The van der Waals surface area contributed by atoms with E-state index in [0.29, 0.717) is 12.3 Å². The molecule has 3 unspecified atom stereocenters. The molecule has 2 fully saturated rings. The van der Waals surface area contributed by atoms with E-state index in [4.69, 9.17) is 9.47 Å². The van der Waals surface area contributed by atoms with E-state index < -0.39 is 0 Å². The van der Waals surface area contributed by atoms with Gasteiger partial charge in [-0.1, -0.05) is 13.3 Å². The molecule has 0 bridgehead atoms. The van der Waals surface area contributed by atoms with Gasteiger partial charge in [0.2, 0.25) is 5.91 Å². The molecule has 1 aromatic rings. The molecule has 1 heterocycles. The maximum absolute atomic E-state index is 12.4.